The summed E-state index contributed by atoms with van der Waals surface area (Å²) in [7, 11) is 0. The highest BCUT2D eigenvalue weighted by Gasteiger charge is 2.24. The molecule has 7 heteroatoms. The molecule has 31 heavy (non-hydrogen) atoms. The lowest BCUT2D eigenvalue weighted by atomic mass is 9.88. The van der Waals surface area contributed by atoms with Crippen molar-refractivity contribution in [1.29, 1.82) is 0 Å². The van der Waals surface area contributed by atoms with Crippen LogP contribution in [0.1, 0.15) is 42.9 Å². The minimum absolute atomic E-state index is 0.1000. The van der Waals surface area contributed by atoms with E-state index in [0.29, 0.717) is 5.13 Å². The monoisotopic (exact) mass is 451 g/mol. The first-order valence-corrected chi connectivity index (χ1v) is 12.3. The van der Waals surface area contributed by atoms with Gasteiger partial charge in [-0.3, -0.25) is 9.59 Å². The van der Waals surface area contributed by atoms with Crippen molar-refractivity contribution >= 4 is 45.7 Å². The number of thiazole rings is 1. The van der Waals surface area contributed by atoms with Gasteiger partial charge in [0.25, 0.3) is 0 Å². The molecule has 0 aliphatic heterocycles. The summed E-state index contributed by atoms with van der Waals surface area (Å²) in [4.78, 5) is 30.8. The molecule has 0 radical (unpaired) electrons. The van der Waals surface area contributed by atoms with E-state index in [1.807, 2.05) is 60.0 Å². The predicted molar refractivity (Wildman–Crippen MR) is 127 cm³/mol. The second kappa shape index (κ2) is 10.6. The van der Waals surface area contributed by atoms with Crippen LogP contribution in [0.25, 0.3) is 0 Å². The molecule has 1 saturated carbocycles. The van der Waals surface area contributed by atoms with Crippen LogP contribution in [-0.2, 0) is 9.59 Å². The molecule has 1 fully saturated rings. The lowest BCUT2D eigenvalue weighted by Crippen LogP contribution is -2.24. The SMILES string of the molecule is O=C(Nc1cccc(SC(C(=O)Nc2nccs2)c2ccccc2)c1)C1CCCCC1. The second-order valence-electron chi connectivity index (χ2n) is 7.59. The number of carbonyl (C=O) groups excluding carboxylic acids is 2. The topological polar surface area (TPSA) is 71.1 Å². The zero-order valence-electron chi connectivity index (χ0n) is 17.1. The summed E-state index contributed by atoms with van der Waals surface area (Å²) in [5.74, 6) is 0.0805. The molecule has 1 aliphatic rings. The van der Waals surface area contributed by atoms with Crippen molar-refractivity contribution in [2.75, 3.05) is 10.6 Å². The summed E-state index contributed by atoms with van der Waals surface area (Å²) in [5.41, 5.74) is 1.69. The lowest BCUT2D eigenvalue weighted by Gasteiger charge is -2.21. The molecule has 1 heterocycles. The average molecular weight is 452 g/mol. The molecule has 0 spiro atoms. The summed E-state index contributed by atoms with van der Waals surface area (Å²) in [6.45, 7) is 0. The van der Waals surface area contributed by atoms with Crippen LogP contribution in [0, 0.1) is 5.92 Å². The average Bonchev–Trinajstić information content (AvgIpc) is 3.32. The summed E-state index contributed by atoms with van der Waals surface area (Å²) >= 11 is 2.86. The van der Waals surface area contributed by atoms with Crippen LogP contribution in [0.5, 0.6) is 0 Å². The molecule has 1 aromatic heterocycles. The number of rotatable bonds is 7. The van der Waals surface area contributed by atoms with Gasteiger partial charge in [0.2, 0.25) is 11.8 Å². The first-order chi connectivity index (χ1) is 15.2. The Kier molecular flexibility index (Phi) is 7.38. The van der Waals surface area contributed by atoms with Crippen molar-refractivity contribution in [3.63, 3.8) is 0 Å². The van der Waals surface area contributed by atoms with Crippen molar-refractivity contribution < 1.29 is 9.59 Å². The number of nitrogens with one attached hydrogen (secondary N) is 2. The smallest absolute Gasteiger partial charge is 0.244 e. The zero-order chi connectivity index (χ0) is 21.5. The molecule has 0 bridgehead atoms. The number of aromatic nitrogens is 1. The van der Waals surface area contributed by atoms with Gasteiger partial charge in [0.05, 0.1) is 0 Å². The fourth-order valence-electron chi connectivity index (χ4n) is 3.75. The van der Waals surface area contributed by atoms with Gasteiger partial charge in [-0.25, -0.2) is 4.98 Å². The summed E-state index contributed by atoms with van der Waals surface area (Å²) in [6.07, 6.45) is 7.08. The Morgan fingerprint density at radius 1 is 1.00 bits per heavy atom. The molecule has 2 amide bonds. The number of thioether (sulfide) groups is 1. The van der Waals surface area contributed by atoms with Crippen molar-refractivity contribution in [3.05, 3.63) is 71.7 Å². The molecule has 1 aliphatic carbocycles. The Morgan fingerprint density at radius 2 is 1.81 bits per heavy atom. The van der Waals surface area contributed by atoms with Crippen LogP contribution < -0.4 is 10.6 Å². The number of benzene rings is 2. The maximum Gasteiger partial charge on any atom is 0.244 e. The molecular weight excluding hydrogens is 426 g/mol. The standard InChI is InChI=1S/C24H25N3O2S2/c28-22(18-10-5-2-6-11-18)26-19-12-7-13-20(16-19)31-21(17-8-3-1-4-9-17)23(29)27-24-25-14-15-30-24/h1,3-4,7-9,12-16,18,21H,2,5-6,10-11H2,(H,26,28)(H,25,27,29). The van der Waals surface area contributed by atoms with E-state index in [9.17, 15) is 9.59 Å². The summed E-state index contributed by atoms with van der Waals surface area (Å²) in [6, 6.07) is 17.4. The van der Waals surface area contributed by atoms with Crippen LogP contribution in [0.3, 0.4) is 0 Å². The second-order valence-corrected chi connectivity index (χ2v) is 9.66. The van der Waals surface area contributed by atoms with Gasteiger partial charge in [-0.05, 0) is 36.6 Å². The Labute approximate surface area is 190 Å². The number of hydrogen-bond acceptors (Lipinski definition) is 5. The van der Waals surface area contributed by atoms with E-state index in [-0.39, 0.29) is 17.7 Å². The van der Waals surface area contributed by atoms with Gasteiger partial charge < -0.3 is 10.6 Å². The molecule has 2 aromatic carbocycles. The third-order valence-corrected chi connectivity index (χ3v) is 7.27. The number of anilines is 2. The van der Waals surface area contributed by atoms with E-state index in [1.54, 1.807) is 6.20 Å². The van der Waals surface area contributed by atoms with Crippen LogP contribution in [-0.4, -0.2) is 16.8 Å². The molecule has 0 saturated heterocycles. The van der Waals surface area contributed by atoms with E-state index in [0.717, 1.165) is 41.8 Å². The van der Waals surface area contributed by atoms with Gasteiger partial charge in [-0.1, -0.05) is 55.7 Å². The minimum atomic E-state index is -0.436. The first-order valence-electron chi connectivity index (χ1n) is 10.5. The summed E-state index contributed by atoms with van der Waals surface area (Å²) < 4.78 is 0. The van der Waals surface area contributed by atoms with Gasteiger partial charge in [0.15, 0.2) is 5.13 Å². The van der Waals surface area contributed by atoms with E-state index in [2.05, 4.69) is 15.6 Å². The zero-order valence-corrected chi connectivity index (χ0v) is 18.8. The normalized spacial score (nSPS) is 15.2. The maximum absolute atomic E-state index is 13.0. The van der Waals surface area contributed by atoms with Crippen molar-refractivity contribution in [2.24, 2.45) is 5.92 Å². The molecule has 4 rings (SSSR count). The molecule has 160 valence electrons. The first kappa shape index (κ1) is 21.6. The highest BCUT2D eigenvalue weighted by molar-refractivity contribution is 8.00. The fraction of sp³-hybridized carbons (Fsp3) is 0.292. The number of nitrogens with zero attached hydrogens (tertiary/aromatic N) is 1. The van der Waals surface area contributed by atoms with Crippen LogP contribution in [0.2, 0.25) is 0 Å². The van der Waals surface area contributed by atoms with Gasteiger partial charge >= 0.3 is 0 Å². The number of carbonyl (C=O) groups is 2. The predicted octanol–water partition coefficient (Wildman–Crippen LogP) is 6.13. The third-order valence-electron chi connectivity index (χ3n) is 5.33. The molecule has 3 aromatic rings. The largest absolute Gasteiger partial charge is 0.326 e. The maximum atomic E-state index is 13.0. The van der Waals surface area contributed by atoms with Crippen LogP contribution >= 0.6 is 23.1 Å². The Hall–Kier alpha value is -2.64. The van der Waals surface area contributed by atoms with Crippen molar-refractivity contribution in [3.8, 4) is 0 Å². The quantitative estimate of drug-likeness (QED) is 0.424. The molecule has 1 unspecified atom stereocenters. The van der Waals surface area contributed by atoms with Gasteiger partial charge in [-0.2, -0.15) is 0 Å². The van der Waals surface area contributed by atoms with Crippen LogP contribution in [0.4, 0.5) is 10.8 Å². The number of hydrogen-bond donors (Lipinski definition) is 2. The van der Waals surface area contributed by atoms with E-state index in [4.69, 9.17) is 0 Å². The van der Waals surface area contributed by atoms with Crippen molar-refractivity contribution in [2.45, 2.75) is 42.2 Å². The lowest BCUT2D eigenvalue weighted by molar-refractivity contribution is -0.120. The highest BCUT2D eigenvalue weighted by atomic mass is 32.2. The molecule has 1 atom stereocenters. The van der Waals surface area contributed by atoms with Gasteiger partial charge in [-0.15, -0.1) is 23.1 Å². The van der Waals surface area contributed by atoms with Crippen molar-refractivity contribution in [1.82, 2.24) is 4.98 Å². The fourth-order valence-corrected chi connectivity index (χ4v) is 5.36. The molecule has 2 N–H and O–H groups in total. The van der Waals surface area contributed by atoms with Crippen LogP contribution in [0.15, 0.2) is 71.1 Å². The van der Waals surface area contributed by atoms with Gasteiger partial charge in [0, 0.05) is 28.1 Å². The van der Waals surface area contributed by atoms with E-state index in [1.165, 1.54) is 29.5 Å². The van der Waals surface area contributed by atoms with E-state index >= 15 is 0 Å². The highest BCUT2D eigenvalue weighted by Crippen LogP contribution is 2.37. The van der Waals surface area contributed by atoms with E-state index < -0.39 is 5.25 Å². The molecule has 5 nitrogen and oxygen atoms in total. The summed E-state index contributed by atoms with van der Waals surface area (Å²) in [5, 5.41) is 7.96. The minimum Gasteiger partial charge on any atom is -0.326 e. The number of amides is 2. The Balaban J connectivity index is 1.49. The third kappa shape index (κ3) is 5.95. The Morgan fingerprint density at radius 3 is 2.55 bits per heavy atom. The van der Waals surface area contributed by atoms with Gasteiger partial charge in [0.1, 0.15) is 5.25 Å². The molecular formula is C24H25N3O2S2. The Bertz CT molecular complexity index is 1000.